The highest BCUT2D eigenvalue weighted by Crippen LogP contribution is 2.17. The lowest BCUT2D eigenvalue weighted by Crippen LogP contribution is -2.13. The fraction of sp³-hybridized carbons (Fsp3) is 0.400. The van der Waals surface area contributed by atoms with Gasteiger partial charge in [-0.1, -0.05) is 6.92 Å². The summed E-state index contributed by atoms with van der Waals surface area (Å²) in [5.74, 6) is 1.82. The smallest absolute Gasteiger partial charge is 0.119 e. The van der Waals surface area contributed by atoms with Crippen LogP contribution in [-0.4, -0.2) is 25.8 Å². The van der Waals surface area contributed by atoms with Gasteiger partial charge in [0.05, 0.1) is 12.7 Å². The molecule has 0 aliphatic rings. The van der Waals surface area contributed by atoms with Gasteiger partial charge in [-0.15, -0.1) is 0 Å². The Balaban J connectivity index is 1.68. The molecule has 0 heterocycles. The number of nitrogens with one attached hydrogen (secondary N) is 2. The minimum absolute atomic E-state index is 0.201. The lowest BCUT2D eigenvalue weighted by molar-refractivity contribution is 0.242. The van der Waals surface area contributed by atoms with E-state index in [9.17, 15) is 0 Å². The van der Waals surface area contributed by atoms with Gasteiger partial charge in [0, 0.05) is 24.5 Å². The Hall–Kier alpha value is -2.36. The molecule has 0 unspecified atom stereocenters. The summed E-state index contributed by atoms with van der Waals surface area (Å²) in [6, 6.07) is 16.1. The zero-order valence-electron chi connectivity index (χ0n) is 14.8. The topological polar surface area (TPSA) is 42.5 Å². The van der Waals surface area contributed by atoms with Gasteiger partial charge in [0.1, 0.15) is 11.5 Å². The molecule has 2 aromatic rings. The van der Waals surface area contributed by atoms with E-state index in [0.29, 0.717) is 0 Å². The molecule has 0 atom stereocenters. The number of hydrogen-bond acceptors (Lipinski definition) is 4. The van der Waals surface area contributed by atoms with Crippen LogP contribution in [0.15, 0.2) is 48.5 Å². The second-order valence-electron chi connectivity index (χ2n) is 5.92. The molecule has 0 saturated carbocycles. The molecule has 4 heteroatoms. The van der Waals surface area contributed by atoms with Gasteiger partial charge < -0.3 is 20.1 Å². The minimum Gasteiger partial charge on any atom is -0.494 e. The van der Waals surface area contributed by atoms with Crippen molar-refractivity contribution in [2.24, 2.45) is 0 Å². The fourth-order valence-corrected chi connectivity index (χ4v) is 2.23. The maximum Gasteiger partial charge on any atom is 0.119 e. The summed E-state index contributed by atoms with van der Waals surface area (Å²) in [5.41, 5.74) is 2.19. The van der Waals surface area contributed by atoms with E-state index in [4.69, 9.17) is 9.47 Å². The van der Waals surface area contributed by atoms with E-state index in [1.54, 1.807) is 0 Å². The van der Waals surface area contributed by atoms with Gasteiger partial charge in [-0.25, -0.2) is 0 Å². The largest absolute Gasteiger partial charge is 0.494 e. The lowest BCUT2D eigenvalue weighted by Gasteiger charge is -2.12. The van der Waals surface area contributed by atoms with Crippen molar-refractivity contribution in [3.63, 3.8) is 0 Å². The summed E-state index contributed by atoms with van der Waals surface area (Å²) in [6.07, 6.45) is 1.22. The zero-order chi connectivity index (χ0) is 17.2. The van der Waals surface area contributed by atoms with Crippen LogP contribution in [0.3, 0.4) is 0 Å². The molecule has 0 aliphatic carbocycles. The van der Waals surface area contributed by atoms with Crippen LogP contribution >= 0.6 is 0 Å². The van der Waals surface area contributed by atoms with Crippen molar-refractivity contribution in [3.05, 3.63) is 48.5 Å². The average molecular weight is 328 g/mol. The van der Waals surface area contributed by atoms with Gasteiger partial charge in [-0.05, 0) is 68.8 Å². The molecule has 2 aromatic carbocycles. The first-order valence-electron chi connectivity index (χ1n) is 8.64. The van der Waals surface area contributed by atoms with Crippen LogP contribution in [0.1, 0.15) is 27.2 Å². The Labute approximate surface area is 145 Å². The van der Waals surface area contributed by atoms with Crippen molar-refractivity contribution in [2.75, 3.05) is 30.3 Å². The van der Waals surface area contributed by atoms with Crippen LogP contribution in [0.25, 0.3) is 0 Å². The molecule has 0 fully saturated rings. The predicted molar refractivity (Wildman–Crippen MR) is 101 cm³/mol. The van der Waals surface area contributed by atoms with E-state index >= 15 is 0 Å². The molecule has 0 aromatic heterocycles. The van der Waals surface area contributed by atoms with Crippen LogP contribution in [0.5, 0.6) is 11.5 Å². The monoisotopic (exact) mass is 328 g/mol. The van der Waals surface area contributed by atoms with Gasteiger partial charge in [0.2, 0.25) is 0 Å². The fourth-order valence-electron chi connectivity index (χ4n) is 2.23. The van der Waals surface area contributed by atoms with Gasteiger partial charge >= 0.3 is 0 Å². The first kappa shape index (κ1) is 18.0. The number of benzene rings is 2. The van der Waals surface area contributed by atoms with Crippen molar-refractivity contribution < 1.29 is 9.47 Å². The number of rotatable bonds is 10. The summed E-state index contributed by atoms with van der Waals surface area (Å²) in [5, 5.41) is 6.78. The minimum atomic E-state index is 0.201. The third kappa shape index (κ3) is 6.41. The van der Waals surface area contributed by atoms with E-state index in [-0.39, 0.29) is 6.10 Å². The number of hydrogen-bond donors (Lipinski definition) is 2. The van der Waals surface area contributed by atoms with Crippen molar-refractivity contribution in [1.82, 2.24) is 0 Å². The maximum atomic E-state index is 5.64. The van der Waals surface area contributed by atoms with Crippen LogP contribution in [0.2, 0.25) is 0 Å². The van der Waals surface area contributed by atoms with E-state index in [2.05, 4.69) is 17.6 Å². The number of ether oxygens (including phenoxy) is 2. The van der Waals surface area contributed by atoms with E-state index < -0.39 is 0 Å². The van der Waals surface area contributed by atoms with Gasteiger partial charge in [0.15, 0.2) is 0 Å². The molecule has 0 saturated heterocycles. The zero-order valence-corrected chi connectivity index (χ0v) is 14.8. The van der Waals surface area contributed by atoms with Crippen molar-refractivity contribution in [1.29, 1.82) is 0 Å². The lowest BCUT2D eigenvalue weighted by atomic mass is 10.3. The third-order valence-electron chi connectivity index (χ3n) is 3.34. The Kier molecular flexibility index (Phi) is 7.27. The highest BCUT2D eigenvalue weighted by molar-refractivity contribution is 5.48. The molecule has 0 radical (unpaired) electrons. The average Bonchev–Trinajstić information content (AvgIpc) is 2.59. The van der Waals surface area contributed by atoms with E-state index in [1.807, 2.05) is 62.4 Å². The maximum absolute atomic E-state index is 5.64. The molecule has 2 rings (SSSR count). The van der Waals surface area contributed by atoms with Crippen LogP contribution in [-0.2, 0) is 0 Å². The van der Waals surface area contributed by atoms with Crippen LogP contribution in [0, 0.1) is 0 Å². The summed E-state index contributed by atoms with van der Waals surface area (Å²) < 4.78 is 11.2. The molecule has 130 valence electrons. The SMILES string of the molecule is CCCOc1ccc(NCCNc2ccc(OC(C)C)cc2)cc1. The molecule has 4 nitrogen and oxygen atoms in total. The first-order valence-corrected chi connectivity index (χ1v) is 8.64. The van der Waals surface area contributed by atoms with Crippen molar-refractivity contribution in [2.45, 2.75) is 33.3 Å². The summed E-state index contributed by atoms with van der Waals surface area (Å²) >= 11 is 0. The predicted octanol–water partition coefficient (Wildman–Crippen LogP) is 4.79. The number of anilines is 2. The van der Waals surface area contributed by atoms with Gasteiger partial charge in [-0.2, -0.15) is 0 Å². The standard InChI is InChI=1S/C20H28N2O2/c1-4-15-23-19-9-5-17(6-10-19)21-13-14-22-18-7-11-20(12-8-18)24-16(2)3/h5-12,16,21-22H,4,13-15H2,1-3H3. The third-order valence-corrected chi connectivity index (χ3v) is 3.34. The van der Waals surface area contributed by atoms with Crippen molar-refractivity contribution in [3.8, 4) is 11.5 Å². The summed E-state index contributed by atoms with van der Waals surface area (Å²) in [4.78, 5) is 0. The van der Waals surface area contributed by atoms with E-state index in [0.717, 1.165) is 49.0 Å². The Morgan fingerprint density at radius 2 is 1.29 bits per heavy atom. The molecular formula is C20H28N2O2. The van der Waals surface area contributed by atoms with E-state index in [1.165, 1.54) is 0 Å². The molecular weight excluding hydrogens is 300 g/mol. The highest BCUT2D eigenvalue weighted by Gasteiger charge is 1.98. The van der Waals surface area contributed by atoms with Gasteiger partial charge in [0.25, 0.3) is 0 Å². The van der Waals surface area contributed by atoms with Gasteiger partial charge in [-0.3, -0.25) is 0 Å². The molecule has 0 aliphatic heterocycles. The van der Waals surface area contributed by atoms with Crippen LogP contribution in [0.4, 0.5) is 11.4 Å². The molecule has 0 bridgehead atoms. The van der Waals surface area contributed by atoms with Crippen molar-refractivity contribution >= 4 is 11.4 Å². The summed E-state index contributed by atoms with van der Waals surface area (Å²) in [6.45, 7) is 8.62. The molecule has 0 spiro atoms. The molecule has 0 amide bonds. The Bertz CT molecular complexity index is 580. The molecule has 2 N–H and O–H groups in total. The first-order chi connectivity index (χ1) is 11.7. The second-order valence-corrected chi connectivity index (χ2v) is 5.92. The Morgan fingerprint density at radius 3 is 1.75 bits per heavy atom. The second kappa shape index (κ2) is 9.71. The summed E-state index contributed by atoms with van der Waals surface area (Å²) in [7, 11) is 0. The normalized spacial score (nSPS) is 10.5. The quantitative estimate of drug-likeness (QED) is 0.616. The molecule has 24 heavy (non-hydrogen) atoms. The Morgan fingerprint density at radius 1 is 0.792 bits per heavy atom. The van der Waals surface area contributed by atoms with Crippen LogP contribution < -0.4 is 20.1 Å². The highest BCUT2D eigenvalue weighted by atomic mass is 16.5.